The summed E-state index contributed by atoms with van der Waals surface area (Å²) < 4.78 is 0. The molecule has 1 unspecified atom stereocenters. The minimum absolute atomic E-state index is 0.0733. The molecule has 3 rings (SSSR count). The molecule has 1 atom stereocenters. The lowest BCUT2D eigenvalue weighted by Gasteiger charge is -2.26. The van der Waals surface area contributed by atoms with Crippen LogP contribution in [0.15, 0.2) is 72.9 Å². The van der Waals surface area contributed by atoms with E-state index in [1.165, 1.54) is 0 Å². The maximum absolute atomic E-state index is 13.2. The zero-order valence-electron chi connectivity index (χ0n) is 17.4. The molecule has 2 aromatic carbocycles. The molecule has 0 aliphatic rings. The molecular weight excluding hydrogens is 372 g/mol. The molecule has 1 N–H and O–H groups in total. The first kappa shape index (κ1) is 21.2. The summed E-state index contributed by atoms with van der Waals surface area (Å²) in [6.07, 6.45) is 2.03. The standard InChI is InChI=1S/C25H26N4O/c1-19-10-8-14-23(20(19)2)29(17-9-15-26)24(30)18-28-25(21-11-4-3-5-12-21)22-13-6-7-16-27-22/h3-8,10-14,16,25,28H,9,17-18H2,1-2H3. The summed E-state index contributed by atoms with van der Waals surface area (Å²) >= 11 is 0. The van der Waals surface area contributed by atoms with Crippen LogP contribution in [0.4, 0.5) is 5.69 Å². The van der Waals surface area contributed by atoms with Gasteiger partial charge in [0.25, 0.3) is 0 Å². The van der Waals surface area contributed by atoms with E-state index in [2.05, 4.69) is 16.4 Å². The lowest BCUT2D eigenvalue weighted by molar-refractivity contribution is -0.117. The molecule has 1 aromatic heterocycles. The summed E-state index contributed by atoms with van der Waals surface area (Å²) in [5.74, 6) is -0.0733. The number of nitrogens with one attached hydrogen (secondary N) is 1. The molecule has 1 amide bonds. The second-order valence-corrected chi connectivity index (χ2v) is 7.15. The molecule has 0 aliphatic carbocycles. The Morgan fingerprint density at radius 1 is 1.07 bits per heavy atom. The van der Waals surface area contributed by atoms with Crippen LogP contribution in [0.1, 0.15) is 34.8 Å². The third-order valence-electron chi connectivity index (χ3n) is 5.19. The number of pyridine rings is 1. The highest BCUT2D eigenvalue weighted by Crippen LogP contribution is 2.24. The molecule has 152 valence electrons. The summed E-state index contributed by atoms with van der Waals surface area (Å²) in [5, 5.41) is 12.4. The molecule has 1 heterocycles. The smallest absolute Gasteiger partial charge is 0.241 e. The summed E-state index contributed by atoms with van der Waals surface area (Å²) in [7, 11) is 0. The minimum Gasteiger partial charge on any atom is -0.310 e. The van der Waals surface area contributed by atoms with Crippen molar-refractivity contribution in [2.75, 3.05) is 18.0 Å². The number of hydrogen-bond donors (Lipinski definition) is 1. The van der Waals surface area contributed by atoms with Crippen LogP contribution in [0.2, 0.25) is 0 Å². The van der Waals surface area contributed by atoms with Crippen molar-refractivity contribution in [3.63, 3.8) is 0 Å². The Morgan fingerprint density at radius 3 is 2.53 bits per heavy atom. The zero-order chi connectivity index (χ0) is 21.3. The first-order valence-electron chi connectivity index (χ1n) is 10.0. The Balaban J connectivity index is 1.83. The SMILES string of the molecule is Cc1cccc(N(CCC#N)C(=O)CNC(c2ccccc2)c2ccccn2)c1C. The Morgan fingerprint density at radius 2 is 1.83 bits per heavy atom. The van der Waals surface area contributed by atoms with Gasteiger partial charge in [0.05, 0.1) is 30.8 Å². The van der Waals surface area contributed by atoms with E-state index >= 15 is 0 Å². The van der Waals surface area contributed by atoms with Gasteiger partial charge in [-0.05, 0) is 48.7 Å². The Labute approximate surface area is 178 Å². The number of carbonyl (C=O) groups is 1. The number of aromatic nitrogens is 1. The van der Waals surface area contributed by atoms with Crippen molar-refractivity contribution in [1.29, 1.82) is 5.26 Å². The Kier molecular flexibility index (Phi) is 7.31. The van der Waals surface area contributed by atoms with Gasteiger partial charge in [-0.2, -0.15) is 5.26 Å². The second kappa shape index (κ2) is 10.3. The largest absolute Gasteiger partial charge is 0.310 e. The number of aryl methyl sites for hydroxylation is 1. The van der Waals surface area contributed by atoms with Crippen LogP contribution in [-0.4, -0.2) is 24.0 Å². The van der Waals surface area contributed by atoms with Crippen molar-refractivity contribution in [1.82, 2.24) is 10.3 Å². The van der Waals surface area contributed by atoms with Gasteiger partial charge in [0, 0.05) is 18.4 Å². The summed E-state index contributed by atoms with van der Waals surface area (Å²) in [4.78, 5) is 19.4. The normalized spacial score (nSPS) is 11.5. The van der Waals surface area contributed by atoms with Crippen LogP contribution < -0.4 is 10.2 Å². The van der Waals surface area contributed by atoms with Crippen molar-refractivity contribution in [2.45, 2.75) is 26.3 Å². The molecule has 0 bridgehead atoms. The summed E-state index contributed by atoms with van der Waals surface area (Å²) in [5.41, 5.74) is 4.91. The molecule has 0 spiro atoms. The van der Waals surface area contributed by atoms with Gasteiger partial charge in [0.15, 0.2) is 0 Å². The second-order valence-electron chi connectivity index (χ2n) is 7.15. The average Bonchev–Trinajstić information content (AvgIpc) is 2.78. The number of anilines is 1. The van der Waals surface area contributed by atoms with Crippen molar-refractivity contribution < 1.29 is 4.79 Å². The minimum atomic E-state index is -0.201. The highest BCUT2D eigenvalue weighted by atomic mass is 16.2. The molecule has 5 nitrogen and oxygen atoms in total. The fraction of sp³-hybridized carbons (Fsp3) is 0.240. The predicted molar refractivity (Wildman–Crippen MR) is 119 cm³/mol. The topological polar surface area (TPSA) is 69.0 Å². The molecule has 3 aromatic rings. The monoisotopic (exact) mass is 398 g/mol. The van der Waals surface area contributed by atoms with Crippen molar-refractivity contribution in [3.05, 3.63) is 95.3 Å². The van der Waals surface area contributed by atoms with E-state index in [0.29, 0.717) is 6.54 Å². The predicted octanol–water partition coefficient (Wildman–Crippen LogP) is 4.32. The van der Waals surface area contributed by atoms with Gasteiger partial charge in [-0.25, -0.2) is 0 Å². The van der Waals surface area contributed by atoms with Gasteiger partial charge in [-0.15, -0.1) is 0 Å². The van der Waals surface area contributed by atoms with Crippen LogP contribution in [0.5, 0.6) is 0 Å². The van der Waals surface area contributed by atoms with E-state index in [4.69, 9.17) is 5.26 Å². The molecular formula is C25H26N4O. The molecule has 0 radical (unpaired) electrons. The van der Waals surface area contributed by atoms with Crippen LogP contribution in [0.3, 0.4) is 0 Å². The van der Waals surface area contributed by atoms with Gasteiger partial charge in [0.1, 0.15) is 0 Å². The van der Waals surface area contributed by atoms with E-state index < -0.39 is 0 Å². The number of nitrogens with zero attached hydrogens (tertiary/aromatic N) is 3. The third-order valence-corrected chi connectivity index (χ3v) is 5.19. The number of amides is 1. The quantitative estimate of drug-likeness (QED) is 0.613. The first-order valence-corrected chi connectivity index (χ1v) is 10.0. The lowest BCUT2D eigenvalue weighted by Crippen LogP contribution is -2.40. The number of carbonyl (C=O) groups excluding carboxylic acids is 1. The van der Waals surface area contributed by atoms with Gasteiger partial charge >= 0.3 is 0 Å². The fourth-order valence-electron chi connectivity index (χ4n) is 3.44. The van der Waals surface area contributed by atoms with Crippen LogP contribution >= 0.6 is 0 Å². The number of rotatable bonds is 8. The first-order chi connectivity index (χ1) is 14.6. The molecule has 0 saturated carbocycles. The molecule has 30 heavy (non-hydrogen) atoms. The fourth-order valence-corrected chi connectivity index (χ4v) is 3.44. The van der Waals surface area contributed by atoms with Crippen LogP contribution in [0.25, 0.3) is 0 Å². The maximum Gasteiger partial charge on any atom is 0.241 e. The molecule has 0 saturated heterocycles. The van der Waals surface area contributed by atoms with E-state index in [1.54, 1.807) is 11.1 Å². The van der Waals surface area contributed by atoms with Gasteiger partial charge < -0.3 is 4.90 Å². The van der Waals surface area contributed by atoms with Crippen molar-refractivity contribution >= 4 is 11.6 Å². The van der Waals surface area contributed by atoms with Gasteiger partial charge in [-0.1, -0.05) is 48.5 Å². The average molecular weight is 399 g/mol. The molecule has 0 aliphatic heterocycles. The van der Waals surface area contributed by atoms with Crippen LogP contribution in [0, 0.1) is 25.2 Å². The van der Waals surface area contributed by atoms with Crippen LogP contribution in [-0.2, 0) is 4.79 Å². The maximum atomic E-state index is 13.2. The summed E-state index contributed by atoms with van der Waals surface area (Å²) in [6.45, 7) is 4.53. The van der Waals surface area contributed by atoms with E-state index in [1.807, 2.05) is 80.6 Å². The number of hydrogen-bond acceptors (Lipinski definition) is 4. The summed E-state index contributed by atoms with van der Waals surface area (Å²) in [6, 6.07) is 23.6. The zero-order valence-corrected chi connectivity index (χ0v) is 17.4. The van der Waals surface area contributed by atoms with Gasteiger partial charge in [0.2, 0.25) is 5.91 Å². The number of benzene rings is 2. The van der Waals surface area contributed by atoms with E-state index in [-0.39, 0.29) is 24.9 Å². The Hall–Kier alpha value is -3.49. The van der Waals surface area contributed by atoms with E-state index in [0.717, 1.165) is 28.1 Å². The highest BCUT2D eigenvalue weighted by Gasteiger charge is 2.21. The molecule has 5 heteroatoms. The van der Waals surface area contributed by atoms with E-state index in [9.17, 15) is 4.79 Å². The van der Waals surface area contributed by atoms with Gasteiger partial charge in [-0.3, -0.25) is 15.1 Å². The van der Waals surface area contributed by atoms with Crippen molar-refractivity contribution in [2.24, 2.45) is 0 Å². The Bertz CT molecular complexity index is 973. The third kappa shape index (κ3) is 5.11. The molecule has 0 fully saturated rings. The highest BCUT2D eigenvalue weighted by molar-refractivity contribution is 5.95. The number of nitriles is 1. The van der Waals surface area contributed by atoms with Crippen molar-refractivity contribution in [3.8, 4) is 6.07 Å². The lowest BCUT2D eigenvalue weighted by atomic mass is 10.0.